The van der Waals surface area contributed by atoms with E-state index in [1.54, 1.807) is 0 Å². The molecule has 76 valence electrons. The molecular formula is C11H20O2. The second-order valence-corrected chi connectivity index (χ2v) is 4.79. The Hall–Kier alpha value is -0.0800. The van der Waals surface area contributed by atoms with Crippen LogP contribution in [-0.4, -0.2) is 23.4 Å². The second kappa shape index (κ2) is 3.58. The Kier molecular flexibility index (Phi) is 2.61. The van der Waals surface area contributed by atoms with Crippen LogP contribution in [0, 0.1) is 17.3 Å². The zero-order valence-corrected chi connectivity index (χ0v) is 8.21. The molecule has 0 aromatic carbocycles. The smallest absolute Gasteiger partial charge is 0.0493 e. The third-order valence-electron chi connectivity index (χ3n) is 4.44. The molecule has 0 spiro atoms. The SMILES string of the molecule is OCC1CCCC2CCCC12CO. The van der Waals surface area contributed by atoms with Crippen molar-refractivity contribution in [2.24, 2.45) is 17.3 Å². The number of hydrogen-bond donors (Lipinski definition) is 2. The predicted octanol–water partition coefficient (Wildman–Crippen LogP) is 1.56. The largest absolute Gasteiger partial charge is 0.396 e. The molecule has 2 fully saturated rings. The van der Waals surface area contributed by atoms with Crippen LogP contribution in [0.3, 0.4) is 0 Å². The molecule has 2 aliphatic carbocycles. The monoisotopic (exact) mass is 184 g/mol. The van der Waals surface area contributed by atoms with Crippen LogP contribution < -0.4 is 0 Å². The molecule has 0 amide bonds. The summed E-state index contributed by atoms with van der Waals surface area (Å²) >= 11 is 0. The lowest BCUT2D eigenvalue weighted by Crippen LogP contribution is -2.42. The normalized spacial score (nSPS) is 44.8. The van der Waals surface area contributed by atoms with Gasteiger partial charge in [0.15, 0.2) is 0 Å². The highest BCUT2D eigenvalue weighted by atomic mass is 16.3. The summed E-state index contributed by atoms with van der Waals surface area (Å²) in [5.74, 6) is 1.07. The zero-order valence-electron chi connectivity index (χ0n) is 8.21. The minimum Gasteiger partial charge on any atom is -0.396 e. The van der Waals surface area contributed by atoms with Gasteiger partial charge < -0.3 is 10.2 Å². The highest BCUT2D eigenvalue weighted by Gasteiger charge is 2.49. The third kappa shape index (κ3) is 1.31. The van der Waals surface area contributed by atoms with Crippen molar-refractivity contribution < 1.29 is 10.2 Å². The van der Waals surface area contributed by atoms with E-state index in [0.29, 0.717) is 18.4 Å². The van der Waals surface area contributed by atoms with E-state index in [1.165, 1.54) is 25.7 Å². The van der Waals surface area contributed by atoms with Crippen LogP contribution in [0.1, 0.15) is 38.5 Å². The van der Waals surface area contributed by atoms with Crippen LogP contribution in [0.4, 0.5) is 0 Å². The molecule has 3 unspecified atom stereocenters. The first-order valence-electron chi connectivity index (χ1n) is 5.55. The molecular weight excluding hydrogens is 164 g/mol. The predicted molar refractivity (Wildman–Crippen MR) is 51.3 cm³/mol. The van der Waals surface area contributed by atoms with Gasteiger partial charge in [-0.15, -0.1) is 0 Å². The fourth-order valence-corrected chi connectivity index (χ4v) is 3.65. The molecule has 0 aromatic rings. The maximum absolute atomic E-state index is 9.54. The summed E-state index contributed by atoms with van der Waals surface area (Å²) in [6.45, 7) is 0.569. The van der Waals surface area contributed by atoms with Gasteiger partial charge in [-0.1, -0.05) is 12.8 Å². The quantitative estimate of drug-likeness (QED) is 0.683. The Morgan fingerprint density at radius 3 is 2.54 bits per heavy atom. The molecule has 13 heavy (non-hydrogen) atoms. The number of hydrogen-bond acceptors (Lipinski definition) is 2. The fourth-order valence-electron chi connectivity index (χ4n) is 3.65. The van der Waals surface area contributed by atoms with Gasteiger partial charge in [0.05, 0.1) is 0 Å². The van der Waals surface area contributed by atoms with Gasteiger partial charge in [0.2, 0.25) is 0 Å². The Balaban J connectivity index is 2.19. The summed E-state index contributed by atoms with van der Waals surface area (Å²) in [5.41, 5.74) is 0.104. The first kappa shape index (κ1) is 9.47. The summed E-state index contributed by atoms with van der Waals surface area (Å²) in [6, 6.07) is 0. The molecule has 0 aliphatic heterocycles. The Morgan fingerprint density at radius 2 is 1.85 bits per heavy atom. The average molecular weight is 184 g/mol. The molecule has 2 nitrogen and oxygen atoms in total. The molecule has 2 rings (SSSR count). The standard InChI is InChI=1S/C11H20O2/c12-7-10-4-1-3-9-5-2-6-11(9,10)8-13/h9-10,12-13H,1-8H2. The molecule has 2 N–H and O–H groups in total. The van der Waals surface area contributed by atoms with E-state index in [4.69, 9.17) is 0 Å². The van der Waals surface area contributed by atoms with Crippen molar-refractivity contribution in [1.29, 1.82) is 0 Å². The van der Waals surface area contributed by atoms with Crippen LogP contribution in [0.5, 0.6) is 0 Å². The van der Waals surface area contributed by atoms with Gasteiger partial charge >= 0.3 is 0 Å². The van der Waals surface area contributed by atoms with E-state index in [2.05, 4.69) is 0 Å². The summed E-state index contributed by atoms with van der Waals surface area (Å²) < 4.78 is 0. The number of fused-ring (bicyclic) bond motifs is 1. The lowest BCUT2D eigenvalue weighted by Gasteiger charge is -2.44. The van der Waals surface area contributed by atoms with Crippen molar-refractivity contribution in [3.63, 3.8) is 0 Å². The number of aliphatic hydroxyl groups excluding tert-OH is 2. The van der Waals surface area contributed by atoms with Crippen molar-refractivity contribution in [2.45, 2.75) is 38.5 Å². The van der Waals surface area contributed by atoms with Crippen molar-refractivity contribution in [2.75, 3.05) is 13.2 Å². The maximum atomic E-state index is 9.54. The molecule has 0 heterocycles. The fraction of sp³-hybridized carbons (Fsp3) is 1.00. The lowest BCUT2D eigenvalue weighted by molar-refractivity contribution is -0.0332. The summed E-state index contributed by atoms with van der Waals surface area (Å²) in [5, 5.41) is 18.9. The van der Waals surface area contributed by atoms with E-state index in [1.807, 2.05) is 0 Å². The third-order valence-corrected chi connectivity index (χ3v) is 4.44. The van der Waals surface area contributed by atoms with Crippen LogP contribution >= 0.6 is 0 Å². The van der Waals surface area contributed by atoms with Crippen molar-refractivity contribution in [3.8, 4) is 0 Å². The molecule has 2 heteroatoms. The first-order valence-corrected chi connectivity index (χ1v) is 5.55. The van der Waals surface area contributed by atoms with Gasteiger partial charge in [-0.05, 0) is 37.5 Å². The van der Waals surface area contributed by atoms with Crippen molar-refractivity contribution in [1.82, 2.24) is 0 Å². The zero-order chi connectivity index (χ0) is 9.31. The molecule has 2 saturated carbocycles. The summed E-state index contributed by atoms with van der Waals surface area (Å²) in [6.07, 6.45) is 7.31. The molecule has 0 saturated heterocycles. The number of rotatable bonds is 2. The highest BCUT2D eigenvalue weighted by Crippen LogP contribution is 2.54. The Morgan fingerprint density at radius 1 is 1.08 bits per heavy atom. The first-order chi connectivity index (χ1) is 6.33. The van der Waals surface area contributed by atoms with Crippen molar-refractivity contribution in [3.05, 3.63) is 0 Å². The van der Waals surface area contributed by atoms with Crippen molar-refractivity contribution >= 4 is 0 Å². The molecule has 0 aromatic heterocycles. The van der Waals surface area contributed by atoms with E-state index >= 15 is 0 Å². The van der Waals surface area contributed by atoms with Crippen LogP contribution in [0.2, 0.25) is 0 Å². The lowest BCUT2D eigenvalue weighted by atomic mass is 9.62. The van der Waals surface area contributed by atoms with E-state index < -0.39 is 0 Å². The number of aliphatic hydroxyl groups is 2. The van der Waals surface area contributed by atoms with Gasteiger partial charge in [-0.25, -0.2) is 0 Å². The molecule has 0 bridgehead atoms. The average Bonchev–Trinajstić information content (AvgIpc) is 2.60. The van der Waals surface area contributed by atoms with E-state index in [-0.39, 0.29) is 12.0 Å². The summed E-state index contributed by atoms with van der Waals surface area (Å²) in [4.78, 5) is 0. The Bertz CT molecular complexity index is 181. The summed E-state index contributed by atoms with van der Waals surface area (Å²) in [7, 11) is 0. The highest BCUT2D eigenvalue weighted by molar-refractivity contribution is 4.98. The Labute approximate surface area is 80.0 Å². The van der Waals surface area contributed by atoms with E-state index in [0.717, 1.165) is 12.8 Å². The molecule has 2 aliphatic rings. The van der Waals surface area contributed by atoms with E-state index in [9.17, 15) is 10.2 Å². The van der Waals surface area contributed by atoms with Gasteiger partial charge in [-0.2, -0.15) is 0 Å². The van der Waals surface area contributed by atoms with Gasteiger partial charge in [0, 0.05) is 18.6 Å². The molecule has 3 atom stereocenters. The minimum absolute atomic E-state index is 0.104. The van der Waals surface area contributed by atoms with Gasteiger partial charge in [-0.3, -0.25) is 0 Å². The van der Waals surface area contributed by atoms with Gasteiger partial charge in [0.1, 0.15) is 0 Å². The molecule has 0 radical (unpaired) electrons. The van der Waals surface area contributed by atoms with Crippen LogP contribution in [0.15, 0.2) is 0 Å². The van der Waals surface area contributed by atoms with Crippen LogP contribution in [0.25, 0.3) is 0 Å². The maximum Gasteiger partial charge on any atom is 0.0493 e. The second-order valence-electron chi connectivity index (χ2n) is 4.79. The topological polar surface area (TPSA) is 40.5 Å². The minimum atomic E-state index is 0.104. The van der Waals surface area contributed by atoms with Crippen LogP contribution in [-0.2, 0) is 0 Å². The van der Waals surface area contributed by atoms with Gasteiger partial charge in [0.25, 0.3) is 0 Å².